The SMILES string of the molecule is COc1ccc(Nc2nc(Cn3nnc(-c4ccc(C)cc4)n3)cs2)cc1. The van der Waals surface area contributed by atoms with E-state index in [-0.39, 0.29) is 0 Å². The number of thiazole rings is 1. The molecule has 136 valence electrons. The van der Waals surface area contributed by atoms with E-state index in [4.69, 9.17) is 4.74 Å². The molecule has 0 radical (unpaired) electrons. The third-order valence-electron chi connectivity index (χ3n) is 3.96. The molecule has 2 aromatic heterocycles. The fourth-order valence-electron chi connectivity index (χ4n) is 2.51. The molecule has 0 aliphatic heterocycles. The number of hydrogen-bond acceptors (Lipinski definition) is 7. The molecule has 4 aromatic rings. The number of nitrogens with one attached hydrogen (secondary N) is 1. The topological polar surface area (TPSA) is 77.8 Å². The summed E-state index contributed by atoms with van der Waals surface area (Å²) in [4.78, 5) is 6.14. The molecule has 0 atom stereocenters. The first-order valence-electron chi connectivity index (χ1n) is 8.40. The Hall–Kier alpha value is -3.26. The van der Waals surface area contributed by atoms with Crippen molar-refractivity contribution in [3.8, 4) is 17.1 Å². The minimum absolute atomic E-state index is 0.472. The summed E-state index contributed by atoms with van der Waals surface area (Å²) in [5.74, 6) is 1.43. The minimum atomic E-state index is 0.472. The van der Waals surface area contributed by atoms with Gasteiger partial charge in [0.05, 0.1) is 12.8 Å². The maximum atomic E-state index is 5.17. The minimum Gasteiger partial charge on any atom is -0.497 e. The lowest BCUT2D eigenvalue weighted by molar-refractivity contribution is 0.415. The summed E-state index contributed by atoms with van der Waals surface area (Å²) in [6, 6.07) is 15.8. The predicted octanol–water partition coefficient (Wildman–Crippen LogP) is 3.91. The molecule has 0 saturated heterocycles. The summed E-state index contributed by atoms with van der Waals surface area (Å²) in [5.41, 5.74) is 3.98. The number of aryl methyl sites for hydroxylation is 1. The van der Waals surface area contributed by atoms with Crippen molar-refractivity contribution in [2.45, 2.75) is 13.5 Å². The summed E-state index contributed by atoms with van der Waals surface area (Å²) >= 11 is 1.54. The van der Waals surface area contributed by atoms with Crippen LogP contribution in [0.5, 0.6) is 5.75 Å². The van der Waals surface area contributed by atoms with Crippen LogP contribution in [-0.2, 0) is 6.54 Å². The monoisotopic (exact) mass is 378 g/mol. The van der Waals surface area contributed by atoms with Crippen LogP contribution in [0.3, 0.4) is 0 Å². The van der Waals surface area contributed by atoms with Gasteiger partial charge in [-0.2, -0.15) is 4.80 Å². The highest BCUT2D eigenvalue weighted by molar-refractivity contribution is 7.13. The number of benzene rings is 2. The van der Waals surface area contributed by atoms with Crippen LogP contribution >= 0.6 is 11.3 Å². The van der Waals surface area contributed by atoms with Crippen molar-refractivity contribution in [3.63, 3.8) is 0 Å². The Balaban J connectivity index is 1.42. The number of rotatable bonds is 6. The Morgan fingerprint density at radius 3 is 2.59 bits per heavy atom. The molecule has 0 spiro atoms. The Morgan fingerprint density at radius 2 is 1.85 bits per heavy atom. The zero-order valence-corrected chi connectivity index (χ0v) is 15.8. The zero-order chi connectivity index (χ0) is 18.6. The highest BCUT2D eigenvalue weighted by atomic mass is 32.1. The number of anilines is 2. The molecule has 8 heteroatoms. The lowest BCUT2D eigenvalue weighted by Crippen LogP contribution is -2.04. The second-order valence-electron chi connectivity index (χ2n) is 6.01. The van der Waals surface area contributed by atoms with Crippen LogP contribution in [0.25, 0.3) is 11.4 Å². The van der Waals surface area contributed by atoms with Gasteiger partial charge in [-0.1, -0.05) is 29.8 Å². The number of aromatic nitrogens is 5. The standard InChI is InChI=1S/C19H18N6OS/c1-13-3-5-14(6-4-13)18-22-24-25(23-18)11-16-12-27-19(21-16)20-15-7-9-17(26-2)10-8-15/h3-10,12H,11H2,1-2H3,(H,20,21). The third-order valence-corrected chi connectivity index (χ3v) is 4.77. The molecule has 2 heterocycles. The van der Waals surface area contributed by atoms with Gasteiger partial charge in [0.25, 0.3) is 0 Å². The van der Waals surface area contributed by atoms with Crippen molar-refractivity contribution in [1.82, 2.24) is 25.2 Å². The van der Waals surface area contributed by atoms with E-state index in [9.17, 15) is 0 Å². The second-order valence-corrected chi connectivity index (χ2v) is 6.87. The van der Waals surface area contributed by atoms with Gasteiger partial charge >= 0.3 is 0 Å². The number of methoxy groups -OCH3 is 1. The molecule has 1 N–H and O–H groups in total. The van der Waals surface area contributed by atoms with Gasteiger partial charge in [-0.15, -0.1) is 21.5 Å². The highest BCUT2D eigenvalue weighted by Gasteiger charge is 2.09. The van der Waals surface area contributed by atoms with Crippen molar-refractivity contribution in [1.29, 1.82) is 0 Å². The van der Waals surface area contributed by atoms with Crippen LogP contribution in [0.15, 0.2) is 53.9 Å². The van der Waals surface area contributed by atoms with E-state index < -0.39 is 0 Å². The largest absolute Gasteiger partial charge is 0.497 e. The molecule has 0 amide bonds. The van der Waals surface area contributed by atoms with E-state index in [0.29, 0.717) is 12.4 Å². The van der Waals surface area contributed by atoms with Crippen LogP contribution < -0.4 is 10.1 Å². The van der Waals surface area contributed by atoms with Crippen LogP contribution in [0.2, 0.25) is 0 Å². The maximum absolute atomic E-state index is 5.17. The molecule has 0 fully saturated rings. The number of ether oxygens (including phenoxy) is 1. The molecule has 7 nitrogen and oxygen atoms in total. The van der Waals surface area contributed by atoms with Gasteiger partial charge in [0.15, 0.2) is 5.13 Å². The van der Waals surface area contributed by atoms with Crippen LogP contribution in [0.1, 0.15) is 11.3 Å². The number of tetrazole rings is 1. The van der Waals surface area contributed by atoms with Crippen molar-refractivity contribution < 1.29 is 4.74 Å². The van der Waals surface area contributed by atoms with Gasteiger partial charge in [0.1, 0.15) is 12.3 Å². The summed E-state index contributed by atoms with van der Waals surface area (Å²) in [6.45, 7) is 2.52. The van der Waals surface area contributed by atoms with E-state index >= 15 is 0 Å². The first kappa shape index (κ1) is 17.2. The van der Waals surface area contributed by atoms with Crippen LogP contribution in [-0.4, -0.2) is 32.3 Å². The van der Waals surface area contributed by atoms with Gasteiger partial charge in [-0.25, -0.2) is 4.98 Å². The summed E-state index contributed by atoms with van der Waals surface area (Å²) in [6.07, 6.45) is 0. The van der Waals surface area contributed by atoms with Gasteiger partial charge in [-0.3, -0.25) is 0 Å². The Morgan fingerprint density at radius 1 is 1.07 bits per heavy atom. The molecule has 0 aliphatic rings. The summed E-state index contributed by atoms with van der Waals surface area (Å²) in [5, 5.41) is 18.8. The van der Waals surface area contributed by atoms with Crippen molar-refractivity contribution in [2.24, 2.45) is 0 Å². The number of hydrogen-bond donors (Lipinski definition) is 1. The Labute approximate surface area is 160 Å². The second kappa shape index (κ2) is 7.55. The van der Waals surface area contributed by atoms with E-state index in [0.717, 1.165) is 27.8 Å². The average Bonchev–Trinajstić information content (AvgIpc) is 3.33. The van der Waals surface area contributed by atoms with Gasteiger partial charge in [0.2, 0.25) is 5.82 Å². The molecule has 27 heavy (non-hydrogen) atoms. The fourth-order valence-corrected chi connectivity index (χ4v) is 3.23. The first-order valence-corrected chi connectivity index (χ1v) is 9.28. The Bertz CT molecular complexity index is 1020. The molecule has 0 aliphatic carbocycles. The normalized spacial score (nSPS) is 10.7. The highest BCUT2D eigenvalue weighted by Crippen LogP contribution is 2.23. The first-order chi connectivity index (χ1) is 13.2. The molecule has 0 bridgehead atoms. The Kier molecular flexibility index (Phi) is 4.80. The maximum Gasteiger partial charge on any atom is 0.204 e. The molecule has 2 aromatic carbocycles. The summed E-state index contributed by atoms with van der Waals surface area (Å²) < 4.78 is 5.17. The van der Waals surface area contributed by atoms with E-state index in [1.54, 1.807) is 11.9 Å². The third kappa shape index (κ3) is 4.12. The molecular formula is C19H18N6OS. The van der Waals surface area contributed by atoms with Crippen LogP contribution in [0.4, 0.5) is 10.8 Å². The van der Waals surface area contributed by atoms with Gasteiger partial charge in [-0.05, 0) is 36.4 Å². The lowest BCUT2D eigenvalue weighted by Gasteiger charge is -2.03. The molecular weight excluding hydrogens is 360 g/mol. The predicted molar refractivity (Wildman–Crippen MR) is 105 cm³/mol. The lowest BCUT2D eigenvalue weighted by atomic mass is 10.1. The molecule has 4 rings (SSSR count). The van der Waals surface area contributed by atoms with Crippen molar-refractivity contribution in [2.75, 3.05) is 12.4 Å². The van der Waals surface area contributed by atoms with E-state index in [1.807, 2.05) is 60.8 Å². The number of nitrogens with zero attached hydrogens (tertiary/aromatic N) is 5. The van der Waals surface area contributed by atoms with Crippen molar-refractivity contribution >= 4 is 22.2 Å². The van der Waals surface area contributed by atoms with Crippen molar-refractivity contribution in [3.05, 3.63) is 65.2 Å². The van der Waals surface area contributed by atoms with Gasteiger partial charge < -0.3 is 10.1 Å². The molecule has 0 unspecified atom stereocenters. The average molecular weight is 378 g/mol. The van der Waals surface area contributed by atoms with E-state index in [1.165, 1.54) is 16.9 Å². The van der Waals surface area contributed by atoms with E-state index in [2.05, 4.69) is 25.7 Å². The van der Waals surface area contributed by atoms with Crippen LogP contribution in [0, 0.1) is 6.92 Å². The smallest absolute Gasteiger partial charge is 0.204 e. The molecule has 0 saturated carbocycles. The van der Waals surface area contributed by atoms with Gasteiger partial charge in [0, 0.05) is 16.6 Å². The zero-order valence-electron chi connectivity index (χ0n) is 15.0. The fraction of sp³-hybridized carbons (Fsp3) is 0.158. The quantitative estimate of drug-likeness (QED) is 0.548. The summed E-state index contributed by atoms with van der Waals surface area (Å²) in [7, 11) is 1.65.